The van der Waals surface area contributed by atoms with Crippen LogP contribution in [0.2, 0.25) is 0 Å². The van der Waals surface area contributed by atoms with Crippen molar-refractivity contribution in [2.24, 2.45) is 0 Å². The summed E-state index contributed by atoms with van der Waals surface area (Å²) in [5, 5.41) is 19.7. The van der Waals surface area contributed by atoms with Gasteiger partial charge in [-0.1, -0.05) is 6.07 Å². The highest BCUT2D eigenvalue weighted by Gasteiger charge is 2.15. The van der Waals surface area contributed by atoms with E-state index >= 15 is 0 Å². The van der Waals surface area contributed by atoms with Crippen LogP contribution in [0.4, 0.5) is 5.69 Å². The Balaban J connectivity index is 3.11. The van der Waals surface area contributed by atoms with Crippen LogP contribution in [0.1, 0.15) is 10.4 Å². The number of aromatic carboxylic acids is 1. The minimum atomic E-state index is -1.16. The molecule has 0 aliphatic carbocycles. The van der Waals surface area contributed by atoms with Gasteiger partial charge in [-0.2, -0.15) is 0 Å². The number of carbonyl (C=O) groups excluding carboxylic acids is 1. The number of nitrogens with one attached hydrogen (secondary N) is 1. The minimum Gasteiger partial charge on any atom is -0.478 e. The van der Waals surface area contributed by atoms with Gasteiger partial charge in [-0.15, -0.1) is 0 Å². The average Bonchev–Trinajstić information content (AvgIpc) is 2.17. The second-order valence-corrected chi connectivity index (χ2v) is 3.53. The fraction of sp³-hybridized carbons (Fsp3) is 0.111. The molecular formula is C9H8BrNO4. The number of hydrogen-bond acceptors (Lipinski definition) is 3. The maximum atomic E-state index is 10.9. The third-order valence-corrected chi connectivity index (χ3v) is 2.31. The number of aliphatic hydroxyl groups excluding tert-OH is 1. The number of rotatable bonds is 3. The number of benzene rings is 1. The summed E-state index contributed by atoms with van der Waals surface area (Å²) in [7, 11) is 0. The Hall–Kier alpha value is -1.40. The van der Waals surface area contributed by atoms with Gasteiger partial charge in [0.1, 0.15) is 6.61 Å². The summed E-state index contributed by atoms with van der Waals surface area (Å²) in [5.41, 5.74) is 0.107. The van der Waals surface area contributed by atoms with E-state index in [-0.39, 0.29) is 11.3 Å². The molecule has 15 heavy (non-hydrogen) atoms. The number of carboxylic acid groups (broad SMARTS) is 1. The fourth-order valence-electron chi connectivity index (χ4n) is 1.04. The second-order valence-electron chi connectivity index (χ2n) is 2.67. The lowest BCUT2D eigenvalue weighted by Crippen LogP contribution is -2.17. The van der Waals surface area contributed by atoms with Crippen LogP contribution in [0.25, 0.3) is 0 Å². The van der Waals surface area contributed by atoms with Gasteiger partial charge in [0.2, 0.25) is 5.91 Å². The van der Waals surface area contributed by atoms with Crippen LogP contribution < -0.4 is 5.32 Å². The van der Waals surface area contributed by atoms with Crippen molar-refractivity contribution in [3.63, 3.8) is 0 Å². The fourth-order valence-corrected chi connectivity index (χ4v) is 1.57. The van der Waals surface area contributed by atoms with Gasteiger partial charge < -0.3 is 15.5 Å². The van der Waals surface area contributed by atoms with Gasteiger partial charge in [0.15, 0.2) is 0 Å². The molecule has 1 aromatic carbocycles. The van der Waals surface area contributed by atoms with Gasteiger partial charge in [-0.05, 0) is 28.1 Å². The predicted molar refractivity (Wildman–Crippen MR) is 56.8 cm³/mol. The van der Waals surface area contributed by atoms with Crippen molar-refractivity contribution in [1.82, 2.24) is 0 Å². The summed E-state index contributed by atoms with van der Waals surface area (Å²) >= 11 is 3.06. The molecule has 80 valence electrons. The normalized spacial score (nSPS) is 9.73. The lowest BCUT2D eigenvalue weighted by molar-refractivity contribution is -0.118. The topological polar surface area (TPSA) is 86.6 Å². The van der Waals surface area contributed by atoms with Gasteiger partial charge in [-0.3, -0.25) is 4.79 Å². The lowest BCUT2D eigenvalue weighted by Gasteiger charge is -2.08. The number of carboxylic acids is 1. The maximum absolute atomic E-state index is 10.9. The van der Waals surface area contributed by atoms with Crippen molar-refractivity contribution in [1.29, 1.82) is 0 Å². The molecule has 0 fully saturated rings. The van der Waals surface area contributed by atoms with E-state index in [9.17, 15) is 9.59 Å². The van der Waals surface area contributed by atoms with Gasteiger partial charge in [0.05, 0.1) is 11.3 Å². The molecule has 0 radical (unpaired) electrons. The Morgan fingerprint density at radius 3 is 2.60 bits per heavy atom. The number of amides is 1. The molecule has 0 atom stereocenters. The van der Waals surface area contributed by atoms with Crippen molar-refractivity contribution >= 4 is 33.5 Å². The Morgan fingerprint density at radius 2 is 2.07 bits per heavy atom. The molecule has 0 aromatic heterocycles. The van der Waals surface area contributed by atoms with Crippen LogP contribution in [-0.2, 0) is 4.79 Å². The highest BCUT2D eigenvalue weighted by atomic mass is 79.9. The van der Waals surface area contributed by atoms with Gasteiger partial charge in [0, 0.05) is 4.47 Å². The monoisotopic (exact) mass is 273 g/mol. The molecule has 0 heterocycles. The average molecular weight is 274 g/mol. The highest BCUT2D eigenvalue weighted by molar-refractivity contribution is 9.10. The first-order chi connectivity index (χ1) is 7.06. The van der Waals surface area contributed by atoms with Crippen LogP contribution in [0.3, 0.4) is 0 Å². The first-order valence-electron chi connectivity index (χ1n) is 3.98. The predicted octanol–water partition coefficient (Wildman–Crippen LogP) is 1.08. The Kier molecular flexibility index (Phi) is 3.81. The van der Waals surface area contributed by atoms with E-state index in [1.165, 1.54) is 6.07 Å². The molecule has 0 saturated heterocycles. The smallest absolute Gasteiger partial charge is 0.338 e. The first-order valence-corrected chi connectivity index (χ1v) is 4.78. The van der Waals surface area contributed by atoms with E-state index in [2.05, 4.69) is 21.2 Å². The van der Waals surface area contributed by atoms with E-state index in [1.807, 2.05) is 0 Å². The molecule has 0 bridgehead atoms. The van der Waals surface area contributed by atoms with Crippen molar-refractivity contribution in [2.75, 3.05) is 11.9 Å². The van der Waals surface area contributed by atoms with Crippen molar-refractivity contribution in [3.05, 3.63) is 28.2 Å². The quantitative estimate of drug-likeness (QED) is 0.769. The summed E-state index contributed by atoms with van der Waals surface area (Å²) in [4.78, 5) is 21.8. The molecule has 3 N–H and O–H groups in total. The summed E-state index contributed by atoms with van der Waals surface area (Å²) in [6.45, 7) is -0.689. The Morgan fingerprint density at radius 1 is 1.40 bits per heavy atom. The van der Waals surface area contributed by atoms with Crippen LogP contribution in [-0.4, -0.2) is 28.7 Å². The molecule has 0 aliphatic rings. The van der Waals surface area contributed by atoms with E-state index in [0.717, 1.165) is 0 Å². The second kappa shape index (κ2) is 4.90. The van der Waals surface area contributed by atoms with Crippen molar-refractivity contribution < 1.29 is 19.8 Å². The Bertz CT molecular complexity index is 405. The molecule has 0 saturated carbocycles. The zero-order chi connectivity index (χ0) is 11.4. The lowest BCUT2D eigenvalue weighted by atomic mass is 10.2. The van der Waals surface area contributed by atoms with Crippen LogP contribution in [0, 0.1) is 0 Å². The summed E-state index contributed by atoms with van der Waals surface area (Å²) in [6, 6.07) is 4.59. The molecule has 1 rings (SSSR count). The van der Waals surface area contributed by atoms with Crippen molar-refractivity contribution in [2.45, 2.75) is 0 Å². The first kappa shape index (κ1) is 11.7. The zero-order valence-electron chi connectivity index (χ0n) is 7.53. The summed E-state index contributed by atoms with van der Waals surface area (Å²) in [6.07, 6.45) is 0. The molecule has 5 nitrogen and oxygen atoms in total. The molecular weight excluding hydrogens is 266 g/mol. The van der Waals surface area contributed by atoms with E-state index in [0.29, 0.717) is 4.47 Å². The number of anilines is 1. The summed E-state index contributed by atoms with van der Waals surface area (Å²) < 4.78 is 0.366. The third-order valence-electron chi connectivity index (χ3n) is 1.65. The molecule has 0 spiro atoms. The highest BCUT2D eigenvalue weighted by Crippen LogP contribution is 2.24. The van der Waals surface area contributed by atoms with Gasteiger partial charge in [-0.25, -0.2) is 4.79 Å². The van der Waals surface area contributed by atoms with Gasteiger partial charge >= 0.3 is 5.97 Å². The molecule has 1 aromatic rings. The van der Waals surface area contributed by atoms with E-state index in [4.69, 9.17) is 10.2 Å². The van der Waals surface area contributed by atoms with Crippen LogP contribution in [0.5, 0.6) is 0 Å². The van der Waals surface area contributed by atoms with E-state index < -0.39 is 18.5 Å². The standard InChI is InChI=1S/C9H8BrNO4/c10-5-2-1-3-6(8(5)9(14)15)11-7(13)4-12/h1-3,12H,4H2,(H,11,13)(H,14,15). The van der Waals surface area contributed by atoms with Crippen molar-refractivity contribution in [3.8, 4) is 0 Å². The SMILES string of the molecule is O=C(CO)Nc1cccc(Br)c1C(=O)O. The minimum absolute atomic E-state index is 0.0423. The third kappa shape index (κ3) is 2.77. The summed E-state index contributed by atoms with van der Waals surface area (Å²) in [5.74, 6) is -1.81. The molecule has 0 unspecified atom stereocenters. The maximum Gasteiger partial charge on any atom is 0.338 e. The number of aliphatic hydroxyl groups is 1. The number of hydrogen-bond donors (Lipinski definition) is 3. The van der Waals surface area contributed by atoms with Crippen LogP contribution in [0.15, 0.2) is 22.7 Å². The number of halogens is 1. The van der Waals surface area contributed by atoms with Crippen LogP contribution >= 0.6 is 15.9 Å². The molecule has 1 amide bonds. The molecule has 0 aliphatic heterocycles. The van der Waals surface area contributed by atoms with E-state index in [1.54, 1.807) is 12.1 Å². The largest absolute Gasteiger partial charge is 0.478 e. The zero-order valence-corrected chi connectivity index (χ0v) is 9.11. The molecule has 6 heteroatoms. The Labute approximate surface area is 93.9 Å². The van der Waals surface area contributed by atoms with Gasteiger partial charge in [0.25, 0.3) is 0 Å². The number of carbonyl (C=O) groups is 2.